The van der Waals surface area contributed by atoms with Crippen molar-refractivity contribution in [2.24, 2.45) is 0 Å². The number of nitrogens with one attached hydrogen (secondary N) is 1. The molecule has 162 valence electrons. The molecule has 0 spiro atoms. The van der Waals surface area contributed by atoms with Gasteiger partial charge in [-0.3, -0.25) is 4.79 Å². The molecule has 0 aliphatic carbocycles. The smallest absolute Gasteiger partial charge is 0.251 e. The highest BCUT2D eigenvalue weighted by Gasteiger charge is 2.16. The van der Waals surface area contributed by atoms with Gasteiger partial charge in [-0.2, -0.15) is 0 Å². The van der Waals surface area contributed by atoms with Crippen molar-refractivity contribution in [3.05, 3.63) is 108 Å². The van der Waals surface area contributed by atoms with E-state index in [4.69, 9.17) is 4.74 Å². The Balaban J connectivity index is 1.40. The highest BCUT2D eigenvalue weighted by molar-refractivity contribution is 7.17. The summed E-state index contributed by atoms with van der Waals surface area (Å²) in [6.07, 6.45) is 1.44. The van der Waals surface area contributed by atoms with Crippen LogP contribution in [0.5, 0.6) is 11.6 Å². The first-order chi connectivity index (χ1) is 16.2. The van der Waals surface area contributed by atoms with E-state index in [0.29, 0.717) is 23.7 Å². The predicted octanol–water partition coefficient (Wildman–Crippen LogP) is 6.22. The lowest BCUT2D eigenvalue weighted by Gasteiger charge is -2.10. The van der Waals surface area contributed by atoms with Crippen LogP contribution in [0.1, 0.15) is 15.9 Å². The van der Waals surface area contributed by atoms with E-state index < -0.39 is 0 Å². The summed E-state index contributed by atoms with van der Waals surface area (Å²) >= 11 is 1.46. The normalized spacial score (nSPS) is 10.8. The molecule has 0 saturated carbocycles. The molecule has 0 fully saturated rings. The van der Waals surface area contributed by atoms with Gasteiger partial charge in [-0.25, -0.2) is 14.4 Å². The fraction of sp³-hybridized carbons (Fsp3) is 0.0385. The second-order valence-electron chi connectivity index (χ2n) is 7.31. The fourth-order valence-electron chi connectivity index (χ4n) is 3.46. The Kier molecular flexibility index (Phi) is 5.78. The summed E-state index contributed by atoms with van der Waals surface area (Å²) in [5, 5.41) is 5.61. The number of thiophene rings is 1. The molecule has 5 aromatic rings. The molecular weight excluding hydrogens is 437 g/mol. The Morgan fingerprint density at radius 1 is 0.970 bits per heavy atom. The number of carbonyl (C=O) groups is 1. The van der Waals surface area contributed by atoms with Gasteiger partial charge in [0.2, 0.25) is 5.88 Å². The van der Waals surface area contributed by atoms with Gasteiger partial charge in [0.15, 0.2) is 0 Å². The number of hydrogen-bond donors (Lipinski definition) is 1. The van der Waals surface area contributed by atoms with E-state index in [1.54, 1.807) is 36.4 Å². The summed E-state index contributed by atoms with van der Waals surface area (Å²) in [4.78, 5) is 22.1. The average Bonchev–Trinajstić information content (AvgIpc) is 3.29. The van der Waals surface area contributed by atoms with E-state index >= 15 is 0 Å². The number of hydrogen-bond acceptors (Lipinski definition) is 5. The highest BCUT2D eigenvalue weighted by Crippen LogP contribution is 2.39. The second kappa shape index (κ2) is 9.18. The van der Waals surface area contributed by atoms with Crippen molar-refractivity contribution in [3.63, 3.8) is 0 Å². The third-order valence-corrected chi connectivity index (χ3v) is 5.98. The quantitative estimate of drug-likeness (QED) is 0.330. The summed E-state index contributed by atoms with van der Waals surface area (Å²) in [5.74, 6) is 0.370. The topological polar surface area (TPSA) is 64.1 Å². The molecule has 5 rings (SSSR count). The number of rotatable bonds is 6. The maximum Gasteiger partial charge on any atom is 0.251 e. The van der Waals surface area contributed by atoms with Gasteiger partial charge in [-0.1, -0.05) is 48.5 Å². The number of ether oxygens (including phenoxy) is 1. The van der Waals surface area contributed by atoms with Gasteiger partial charge in [0.1, 0.15) is 22.7 Å². The van der Waals surface area contributed by atoms with Crippen LogP contribution >= 0.6 is 11.3 Å². The molecule has 0 unspecified atom stereocenters. The number of carbonyl (C=O) groups excluding carboxylic acids is 1. The Labute approximate surface area is 193 Å². The summed E-state index contributed by atoms with van der Waals surface area (Å²) in [5.41, 5.74) is 3.21. The monoisotopic (exact) mass is 455 g/mol. The highest BCUT2D eigenvalue weighted by atomic mass is 32.1. The Bertz CT molecular complexity index is 1420. The van der Waals surface area contributed by atoms with Crippen molar-refractivity contribution in [2.75, 3.05) is 0 Å². The van der Waals surface area contributed by atoms with E-state index in [9.17, 15) is 9.18 Å². The van der Waals surface area contributed by atoms with E-state index in [1.165, 1.54) is 29.8 Å². The SMILES string of the molecule is O=C(NCc1ccccc1)c1cccc(Oc2ncnc3scc(-c4ccc(F)cc4)c23)c1. The number of halogens is 1. The molecule has 1 N–H and O–H groups in total. The minimum absolute atomic E-state index is 0.195. The van der Waals surface area contributed by atoms with Gasteiger partial charge in [-0.15, -0.1) is 11.3 Å². The van der Waals surface area contributed by atoms with Crippen LogP contribution in [0.15, 0.2) is 90.6 Å². The van der Waals surface area contributed by atoms with Crippen molar-refractivity contribution in [1.29, 1.82) is 0 Å². The second-order valence-corrected chi connectivity index (χ2v) is 8.17. The largest absolute Gasteiger partial charge is 0.438 e. The molecule has 33 heavy (non-hydrogen) atoms. The summed E-state index contributed by atoms with van der Waals surface area (Å²) in [6.45, 7) is 0.438. The molecule has 2 heterocycles. The van der Waals surface area contributed by atoms with Crippen LogP contribution in [0.3, 0.4) is 0 Å². The van der Waals surface area contributed by atoms with E-state index in [2.05, 4.69) is 15.3 Å². The maximum absolute atomic E-state index is 13.4. The van der Waals surface area contributed by atoms with Crippen LogP contribution in [0.2, 0.25) is 0 Å². The number of fused-ring (bicyclic) bond motifs is 1. The first-order valence-corrected chi connectivity index (χ1v) is 11.1. The molecule has 0 saturated heterocycles. The van der Waals surface area contributed by atoms with Gasteiger partial charge in [0, 0.05) is 23.1 Å². The minimum atomic E-state index is -0.298. The minimum Gasteiger partial charge on any atom is -0.438 e. The molecule has 0 radical (unpaired) electrons. The van der Waals surface area contributed by atoms with E-state index in [1.807, 2.05) is 35.7 Å². The first-order valence-electron chi connectivity index (χ1n) is 10.3. The lowest BCUT2D eigenvalue weighted by Crippen LogP contribution is -2.22. The molecular formula is C26H18FN3O2S. The van der Waals surface area contributed by atoms with Crippen molar-refractivity contribution >= 4 is 27.5 Å². The van der Waals surface area contributed by atoms with Crippen LogP contribution in [-0.2, 0) is 6.54 Å². The molecule has 7 heteroatoms. The van der Waals surface area contributed by atoms with Crippen LogP contribution in [0.4, 0.5) is 4.39 Å². The molecule has 0 aliphatic heterocycles. The summed E-state index contributed by atoms with van der Waals surface area (Å²) in [7, 11) is 0. The van der Waals surface area contributed by atoms with Gasteiger partial charge >= 0.3 is 0 Å². The Morgan fingerprint density at radius 2 is 1.79 bits per heavy atom. The predicted molar refractivity (Wildman–Crippen MR) is 127 cm³/mol. The molecule has 0 bridgehead atoms. The molecule has 2 aromatic heterocycles. The fourth-order valence-corrected chi connectivity index (χ4v) is 4.37. The van der Waals surface area contributed by atoms with Crippen molar-refractivity contribution < 1.29 is 13.9 Å². The zero-order valence-electron chi connectivity index (χ0n) is 17.4. The molecule has 5 nitrogen and oxygen atoms in total. The van der Waals surface area contributed by atoms with Crippen molar-refractivity contribution in [3.8, 4) is 22.8 Å². The molecule has 0 aliphatic rings. The summed E-state index contributed by atoms with van der Waals surface area (Å²) < 4.78 is 19.5. The van der Waals surface area contributed by atoms with Crippen LogP contribution in [-0.4, -0.2) is 15.9 Å². The van der Waals surface area contributed by atoms with E-state index in [0.717, 1.165) is 26.9 Å². The number of amides is 1. The maximum atomic E-state index is 13.4. The van der Waals surface area contributed by atoms with Gasteiger partial charge in [-0.05, 0) is 41.5 Å². The van der Waals surface area contributed by atoms with Crippen LogP contribution in [0, 0.1) is 5.82 Å². The number of nitrogens with zero attached hydrogens (tertiary/aromatic N) is 2. The van der Waals surface area contributed by atoms with Gasteiger partial charge in [0.05, 0.1) is 5.39 Å². The standard InChI is InChI=1S/C26H18FN3O2S/c27-20-11-9-18(10-12-20)22-15-33-26-23(22)25(29-16-30-26)32-21-8-4-7-19(13-21)24(31)28-14-17-5-2-1-3-6-17/h1-13,15-16H,14H2,(H,28,31). The lowest BCUT2D eigenvalue weighted by molar-refractivity contribution is 0.0950. The molecule has 3 aromatic carbocycles. The Hall–Kier alpha value is -4.10. The average molecular weight is 456 g/mol. The zero-order chi connectivity index (χ0) is 22.6. The van der Waals surface area contributed by atoms with E-state index in [-0.39, 0.29) is 11.7 Å². The van der Waals surface area contributed by atoms with Crippen LogP contribution < -0.4 is 10.1 Å². The van der Waals surface area contributed by atoms with Gasteiger partial charge < -0.3 is 10.1 Å². The summed E-state index contributed by atoms with van der Waals surface area (Å²) in [6, 6.07) is 22.9. The number of aromatic nitrogens is 2. The Morgan fingerprint density at radius 3 is 2.61 bits per heavy atom. The first kappa shape index (κ1) is 20.8. The molecule has 1 amide bonds. The number of benzene rings is 3. The third kappa shape index (κ3) is 4.58. The molecule has 0 atom stereocenters. The van der Waals surface area contributed by atoms with Crippen LogP contribution in [0.25, 0.3) is 21.3 Å². The zero-order valence-corrected chi connectivity index (χ0v) is 18.2. The third-order valence-electron chi connectivity index (χ3n) is 5.10. The van der Waals surface area contributed by atoms with Crippen molar-refractivity contribution in [1.82, 2.24) is 15.3 Å². The van der Waals surface area contributed by atoms with Gasteiger partial charge in [0.25, 0.3) is 5.91 Å². The van der Waals surface area contributed by atoms with Crippen molar-refractivity contribution in [2.45, 2.75) is 6.54 Å². The lowest BCUT2D eigenvalue weighted by atomic mass is 10.1.